The van der Waals surface area contributed by atoms with Crippen LogP contribution in [0.1, 0.15) is 19.8 Å². The van der Waals surface area contributed by atoms with Gasteiger partial charge in [0, 0.05) is 20.1 Å². The first kappa shape index (κ1) is 9.95. The van der Waals surface area contributed by atoms with Crippen molar-refractivity contribution in [3.63, 3.8) is 0 Å². The van der Waals surface area contributed by atoms with Gasteiger partial charge in [-0.25, -0.2) is 12.7 Å². The molecule has 2 N–H and O–H groups in total. The van der Waals surface area contributed by atoms with Crippen LogP contribution < -0.4 is 5.73 Å². The Morgan fingerprint density at radius 1 is 1.50 bits per heavy atom. The largest absolute Gasteiger partial charge is 0.329 e. The minimum atomic E-state index is -3.12. The Labute approximate surface area is 73.8 Å². The molecule has 0 heterocycles. The summed E-state index contributed by atoms with van der Waals surface area (Å²) in [5, 5.41) is 0. The van der Waals surface area contributed by atoms with Gasteiger partial charge in [-0.2, -0.15) is 0 Å². The number of hydrogen-bond donors (Lipinski definition) is 1. The Hall–Kier alpha value is -0.130. The molecule has 1 rings (SSSR count). The van der Waals surface area contributed by atoms with E-state index < -0.39 is 14.8 Å². The molecule has 1 fully saturated rings. The summed E-state index contributed by atoms with van der Waals surface area (Å²) in [5.74, 6) is 0. The second-order valence-corrected chi connectivity index (χ2v) is 5.75. The van der Waals surface area contributed by atoms with Crippen LogP contribution in [0.5, 0.6) is 0 Å². The minimum absolute atomic E-state index is 0.250. The van der Waals surface area contributed by atoms with Crippen LogP contribution >= 0.6 is 0 Å². The van der Waals surface area contributed by atoms with E-state index in [1.54, 1.807) is 7.05 Å². The molecule has 12 heavy (non-hydrogen) atoms. The Morgan fingerprint density at radius 2 is 2.00 bits per heavy atom. The lowest BCUT2D eigenvalue weighted by atomic mass is 10.4. The highest BCUT2D eigenvalue weighted by Crippen LogP contribution is 2.43. The van der Waals surface area contributed by atoms with Gasteiger partial charge >= 0.3 is 0 Å². The summed E-state index contributed by atoms with van der Waals surface area (Å²) < 4.78 is 24.2. The average molecular weight is 192 g/mol. The van der Waals surface area contributed by atoms with Gasteiger partial charge in [-0.1, -0.05) is 6.92 Å². The van der Waals surface area contributed by atoms with Crippen molar-refractivity contribution in [3.05, 3.63) is 0 Å². The fourth-order valence-electron chi connectivity index (χ4n) is 1.21. The lowest BCUT2D eigenvalue weighted by Gasteiger charge is -2.21. The number of sulfonamides is 1. The van der Waals surface area contributed by atoms with Crippen LogP contribution in [0.25, 0.3) is 0 Å². The lowest BCUT2D eigenvalue weighted by Crippen LogP contribution is -2.41. The SMILES string of the molecule is CCN(C)S(=O)(=O)C1(CN)CC1. The molecule has 0 aromatic carbocycles. The van der Waals surface area contributed by atoms with Crippen molar-refractivity contribution in [2.24, 2.45) is 5.73 Å². The van der Waals surface area contributed by atoms with Crippen molar-refractivity contribution in [1.29, 1.82) is 0 Å². The summed E-state index contributed by atoms with van der Waals surface area (Å²) in [5.41, 5.74) is 5.44. The molecule has 1 aliphatic rings. The molecule has 0 radical (unpaired) electrons. The lowest BCUT2D eigenvalue weighted by molar-refractivity contribution is 0.470. The van der Waals surface area contributed by atoms with Crippen LogP contribution in [0.15, 0.2) is 0 Å². The van der Waals surface area contributed by atoms with Gasteiger partial charge in [0.2, 0.25) is 10.0 Å². The van der Waals surface area contributed by atoms with Crippen LogP contribution in [0.3, 0.4) is 0 Å². The van der Waals surface area contributed by atoms with Gasteiger partial charge in [0.05, 0.1) is 4.75 Å². The maximum Gasteiger partial charge on any atom is 0.220 e. The highest BCUT2D eigenvalue weighted by molar-refractivity contribution is 7.90. The molecule has 0 amide bonds. The number of nitrogens with two attached hydrogens (primary N) is 1. The highest BCUT2D eigenvalue weighted by atomic mass is 32.2. The van der Waals surface area contributed by atoms with Crippen molar-refractivity contribution in [3.8, 4) is 0 Å². The van der Waals surface area contributed by atoms with Crippen molar-refractivity contribution < 1.29 is 8.42 Å². The topological polar surface area (TPSA) is 63.4 Å². The second-order valence-electron chi connectivity index (χ2n) is 3.31. The molecular formula is C7H16N2O2S. The highest BCUT2D eigenvalue weighted by Gasteiger charge is 2.54. The third-order valence-corrected chi connectivity index (χ3v) is 5.33. The van der Waals surface area contributed by atoms with E-state index in [2.05, 4.69) is 0 Å². The molecule has 72 valence electrons. The summed E-state index contributed by atoms with van der Waals surface area (Å²) in [7, 11) is -1.52. The molecular weight excluding hydrogens is 176 g/mol. The first-order valence-corrected chi connectivity index (χ1v) is 5.60. The van der Waals surface area contributed by atoms with Gasteiger partial charge < -0.3 is 5.73 Å². The zero-order valence-corrected chi connectivity index (χ0v) is 8.39. The number of nitrogens with zero attached hydrogens (tertiary/aromatic N) is 1. The van der Waals surface area contributed by atoms with E-state index >= 15 is 0 Å². The van der Waals surface area contributed by atoms with E-state index in [4.69, 9.17) is 5.73 Å². The first-order valence-electron chi connectivity index (χ1n) is 4.16. The van der Waals surface area contributed by atoms with Gasteiger partial charge in [-0.3, -0.25) is 0 Å². The van der Waals surface area contributed by atoms with Crippen LogP contribution in [-0.4, -0.2) is 37.6 Å². The summed E-state index contributed by atoms with van der Waals surface area (Å²) in [6.45, 7) is 2.59. The van der Waals surface area contributed by atoms with E-state index in [0.717, 1.165) is 12.8 Å². The summed E-state index contributed by atoms with van der Waals surface area (Å²) in [4.78, 5) is 0. The van der Waals surface area contributed by atoms with E-state index in [0.29, 0.717) is 6.54 Å². The molecule has 5 heteroatoms. The molecule has 0 aromatic rings. The summed E-state index contributed by atoms with van der Waals surface area (Å²) >= 11 is 0. The van der Waals surface area contributed by atoms with Crippen LogP contribution in [0.2, 0.25) is 0 Å². The molecule has 0 spiro atoms. The monoisotopic (exact) mass is 192 g/mol. The van der Waals surface area contributed by atoms with Crippen molar-refractivity contribution >= 4 is 10.0 Å². The third-order valence-electron chi connectivity index (χ3n) is 2.58. The first-order chi connectivity index (χ1) is 5.50. The molecule has 0 atom stereocenters. The number of hydrogen-bond acceptors (Lipinski definition) is 3. The average Bonchev–Trinajstić information content (AvgIpc) is 2.83. The maximum absolute atomic E-state index is 11.7. The van der Waals surface area contributed by atoms with E-state index in [1.807, 2.05) is 6.92 Å². The Bertz CT molecular complexity index is 257. The standard InChI is InChI=1S/C7H16N2O2S/c1-3-9(2)12(10,11)7(6-8)4-5-7/h3-6,8H2,1-2H3. The van der Waals surface area contributed by atoms with E-state index in [-0.39, 0.29) is 6.54 Å². The molecule has 1 aliphatic carbocycles. The predicted molar refractivity (Wildman–Crippen MR) is 48.2 cm³/mol. The van der Waals surface area contributed by atoms with Gasteiger partial charge in [0.1, 0.15) is 0 Å². The fourth-order valence-corrected chi connectivity index (χ4v) is 3.04. The predicted octanol–water partition coefficient (Wildman–Crippen LogP) is -0.241. The summed E-state index contributed by atoms with van der Waals surface area (Å²) in [6, 6.07) is 0. The molecule has 0 aromatic heterocycles. The van der Waals surface area contributed by atoms with Gasteiger partial charge in [0.25, 0.3) is 0 Å². The van der Waals surface area contributed by atoms with Crippen molar-refractivity contribution in [2.45, 2.75) is 24.5 Å². The molecule has 4 nitrogen and oxygen atoms in total. The summed E-state index contributed by atoms with van der Waals surface area (Å²) in [6.07, 6.45) is 1.44. The molecule has 0 saturated heterocycles. The molecule has 1 saturated carbocycles. The number of rotatable bonds is 4. The van der Waals surface area contributed by atoms with Crippen LogP contribution in [0, 0.1) is 0 Å². The third kappa shape index (κ3) is 1.26. The zero-order valence-electron chi connectivity index (χ0n) is 7.58. The van der Waals surface area contributed by atoms with Gasteiger partial charge in [-0.05, 0) is 12.8 Å². The van der Waals surface area contributed by atoms with Crippen molar-refractivity contribution in [1.82, 2.24) is 4.31 Å². The Kier molecular flexibility index (Phi) is 2.47. The quantitative estimate of drug-likeness (QED) is 0.668. The van der Waals surface area contributed by atoms with Crippen LogP contribution in [-0.2, 0) is 10.0 Å². The van der Waals surface area contributed by atoms with E-state index in [9.17, 15) is 8.42 Å². The Morgan fingerprint density at radius 3 is 2.25 bits per heavy atom. The molecule has 0 unspecified atom stereocenters. The molecule has 0 aliphatic heterocycles. The maximum atomic E-state index is 11.7. The van der Waals surface area contributed by atoms with Crippen LogP contribution in [0.4, 0.5) is 0 Å². The zero-order chi connectivity index (χ0) is 9.41. The second kappa shape index (κ2) is 2.97. The smallest absolute Gasteiger partial charge is 0.220 e. The van der Waals surface area contributed by atoms with Gasteiger partial charge in [0.15, 0.2) is 0 Å². The van der Waals surface area contributed by atoms with E-state index in [1.165, 1.54) is 4.31 Å². The Balaban J connectivity index is 2.86. The fraction of sp³-hybridized carbons (Fsp3) is 1.00. The normalized spacial score (nSPS) is 21.3. The van der Waals surface area contributed by atoms with Crippen molar-refractivity contribution in [2.75, 3.05) is 20.1 Å². The van der Waals surface area contributed by atoms with Gasteiger partial charge in [-0.15, -0.1) is 0 Å². The molecule has 0 bridgehead atoms. The minimum Gasteiger partial charge on any atom is -0.329 e.